The first-order valence-corrected chi connectivity index (χ1v) is 12.0. The number of aromatic hydroxyl groups is 1. The van der Waals surface area contributed by atoms with E-state index in [4.69, 9.17) is 0 Å². The zero-order valence-electron chi connectivity index (χ0n) is 18.1. The van der Waals surface area contributed by atoms with Crippen molar-refractivity contribution in [2.24, 2.45) is 11.8 Å². The number of para-hydroxylation sites is 1. The topological polar surface area (TPSA) is 74.6 Å². The van der Waals surface area contributed by atoms with Crippen LogP contribution in [0.4, 0.5) is 0 Å². The van der Waals surface area contributed by atoms with Gasteiger partial charge in [-0.1, -0.05) is 19.1 Å². The number of nitrogens with one attached hydrogen (secondary N) is 1. The Bertz CT molecular complexity index is 1080. The van der Waals surface area contributed by atoms with E-state index in [0.29, 0.717) is 23.0 Å². The summed E-state index contributed by atoms with van der Waals surface area (Å²) in [5, 5.41) is 14.7. The van der Waals surface area contributed by atoms with E-state index < -0.39 is 5.91 Å². The molecule has 1 atom stereocenters. The van der Waals surface area contributed by atoms with E-state index in [1.165, 1.54) is 32.1 Å². The predicted molar refractivity (Wildman–Crippen MR) is 119 cm³/mol. The summed E-state index contributed by atoms with van der Waals surface area (Å²) < 4.78 is 1.72. The Hall–Kier alpha value is -2.34. The summed E-state index contributed by atoms with van der Waals surface area (Å²) in [7, 11) is 0. The second kappa shape index (κ2) is 7.09. The minimum atomic E-state index is -0.441. The van der Waals surface area contributed by atoms with Crippen molar-refractivity contribution < 1.29 is 9.90 Å². The van der Waals surface area contributed by atoms with E-state index in [1.807, 2.05) is 18.2 Å². The zero-order valence-corrected chi connectivity index (χ0v) is 18.1. The Morgan fingerprint density at radius 2 is 1.71 bits per heavy atom. The summed E-state index contributed by atoms with van der Waals surface area (Å²) in [4.78, 5) is 29.3. The van der Waals surface area contributed by atoms with E-state index in [9.17, 15) is 14.7 Å². The van der Waals surface area contributed by atoms with Gasteiger partial charge in [0.1, 0.15) is 11.3 Å². The van der Waals surface area contributed by atoms with Crippen LogP contribution in [0.25, 0.3) is 10.9 Å². The smallest absolute Gasteiger partial charge is 0.267 e. The average molecular weight is 422 g/mol. The molecule has 3 saturated carbocycles. The van der Waals surface area contributed by atoms with Gasteiger partial charge in [0.2, 0.25) is 0 Å². The molecule has 1 aromatic heterocycles. The first-order valence-electron chi connectivity index (χ1n) is 12.0. The maximum Gasteiger partial charge on any atom is 0.267 e. The number of aromatic nitrogens is 1. The largest absolute Gasteiger partial charge is 0.506 e. The molecule has 1 unspecified atom stereocenters. The second-order valence-electron chi connectivity index (χ2n) is 10.2. The van der Waals surface area contributed by atoms with Gasteiger partial charge < -0.3 is 15.0 Å². The van der Waals surface area contributed by atoms with Gasteiger partial charge in [-0.15, -0.1) is 0 Å². The molecule has 2 aliphatic heterocycles. The van der Waals surface area contributed by atoms with Crippen LogP contribution in [-0.4, -0.2) is 38.7 Å². The highest BCUT2D eigenvalue weighted by molar-refractivity contribution is 6.02. The molecule has 164 valence electrons. The third kappa shape index (κ3) is 3.02. The molecule has 3 heterocycles. The van der Waals surface area contributed by atoms with Crippen LogP contribution in [0.15, 0.2) is 29.1 Å². The van der Waals surface area contributed by atoms with Crippen LogP contribution in [0.5, 0.6) is 5.75 Å². The van der Waals surface area contributed by atoms with Gasteiger partial charge in [-0.25, -0.2) is 0 Å². The number of carbonyl (C=O) groups is 1. The Labute approximate surface area is 182 Å². The van der Waals surface area contributed by atoms with Gasteiger partial charge >= 0.3 is 0 Å². The molecule has 6 nitrogen and oxygen atoms in total. The molecule has 1 amide bonds. The van der Waals surface area contributed by atoms with Crippen LogP contribution in [0, 0.1) is 11.8 Å². The third-order valence-corrected chi connectivity index (χ3v) is 8.20. The summed E-state index contributed by atoms with van der Waals surface area (Å²) in [6.07, 6.45) is 8.88. The molecule has 2 saturated heterocycles. The van der Waals surface area contributed by atoms with Gasteiger partial charge in [-0.3, -0.25) is 14.5 Å². The lowest BCUT2D eigenvalue weighted by molar-refractivity contribution is -0.0875. The van der Waals surface area contributed by atoms with Crippen molar-refractivity contribution in [1.82, 2.24) is 14.8 Å². The molecule has 5 aliphatic rings. The minimum absolute atomic E-state index is 0.0952. The van der Waals surface area contributed by atoms with Gasteiger partial charge in [0, 0.05) is 23.5 Å². The lowest BCUT2D eigenvalue weighted by atomic mass is 9.63. The quantitative estimate of drug-likeness (QED) is 0.771. The van der Waals surface area contributed by atoms with E-state index >= 15 is 0 Å². The molecule has 7 rings (SSSR count). The summed E-state index contributed by atoms with van der Waals surface area (Å²) in [6.45, 7) is 2.10. The molecule has 2 N–H and O–H groups in total. The molecule has 3 aliphatic carbocycles. The van der Waals surface area contributed by atoms with Crippen LogP contribution in [0.1, 0.15) is 74.7 Å². The van der Waals surface area contributed by atoms with Gasteiger partial charge in [0.25, 0.3) is 11.5 Å². The number of hydrogen-bond donors (Lipinski definition) is 2. The molecule has 0 spiro atoms. The molecule has 6 heteroatoms. The molecule has 0 radical (unpaired) electrons. The zero-order chi connectivity index (χ0) is 21.3. The lowest BCUT2D eigenvalue weighted by Gasteiger charge is -2.58. The Kier molecular flexibility index (Phi) is 4.43. The van der Waals surface area contributed by atoms with Gasteiger partial charge in [-0.2, -0.15) is 0 Å². The highest BCUT2D eigenvalue weighted by atomic mass is 16.3. The molecule has 4 bridgehead atoms. The van der Waals surface area contributed by atoms with Crippen LogP contribution in [0.2, 0.25) is 0 Å². The molecular formula is C25H31N3O3. The number of carbonyl (C=O) groups excluding carboxylic acids is 1. The van der Waals surface area contributed by atoms with Crippen LogP contribution < -0.4 is 10.9 Å². The van der Waals surface area contributed by atoms with E-state index in [-0.39, 0.29) is 29.1 Å². The molecular weight excluding hydrogens is 390 g/mol. The maximum absolute atomic E-state index is 13.4. The van der Waals surface area contributed by atoms with Crippen molar-refractivity contribution in [3.63, 3.8) is 0 Å². The van der Waals surface area contributed by atoms with Crippen molar-refractivity contribution in [3.05, 3.63) is 40.2 Å². The predicted octanol–water partition coefficient (Wildman–Crippen LogP) is 3.77. The fourth-order valence-corrected chi connectivity index (χ4v) is 6.93. The number of nitrogens with zero attached hydrogens (tertiary/aromatic N) is 2. The van der Waals surface area contributed by atoms with Crippen molar-refractivity contribution in [1.29, 1.82) is 0 Å². The summed E-state index contributed by atoms with van der Waals surface area (Å²) in [5.41, 5.74) is 0.237. The molecule has 31 heavy (non-hydrogen) atoms. The number of rotatable bonds is 5. The van der Waals surface area contributed by atoms with Crippen LogP contribution in [0.3, 0.4) is 0 Å². The van der Waals surface area contributed by atoms with Crippen molar-refractivity contribution in [2.75, 3.05) is 0 Å². The maximum atomic E-state index is 13.4. The molecule has 1 aromatic carbocycles. The highest BCUT2D eigenvalue weighted by Crippen LogP contribution is 2.49. The van der Waals surface area contributed by atoms with Gasteiger partial charge in [0.15, 0.2) is 0 Å². The molecule has 2 aromatic rings. The highest BCUT2D eigenvalue weighted by Gasteiger charge is 2.49. The van der Waals surface area contributed by atoms with E-state index in [0.717, 1.165) is 31.1 Å². The van der Waals surface area contributed by atoms with Crippen molar-refractivity contribution in [2.45, 2.75) is 82.6 Å². The number of benzene rings is 1. The fourth-order valence-electron chi connectivity index (χ4n) is 6.93. The normalized spacial score (nSPS) is 30.6. The first kappa shape index (κ1) is 19.4. The third-order valence-electron chi connectivity index (χ3n) is 8.20. The molecule has 5 fully saturated rings. The van der Waals surface area contributed by atoms with E-state index in [2.05, 4.69) is 17.1 Å². The summed E-state index contributed by atoms with van der Waals surface area (Å²) >= 11 is 0. The van der Waals surface area contributed by atoms with Crippen LogP contribution >= 0.6 is 0 Å². The van der Waals surface area contributed by atoms with Crippen molar-refractivity contribution in [3.8, 4) is 5.75 Å². The fraction of sp³-hybridized carbons (Fsp3) is 0.600. The number of fused-ring (bicyclic) bond motifs is 1. The SMILES string of the molecule is CCC(NC(=O)c1c(O)c2ccccc2n(C2CC2)c1=O)N1C2CC3CC(C2)CC1C3. The lowest BCUT2D eigenvalue weighted by Crippen LogP contribution is -2.64. The number of amides is 1. The van der Waals surface area contributed by atoms with Crippen LogP contribution in [-0.2, 0) is 0 Å². The number of pyridine rings is 1. The van der Waals surface area contributed by atoms with Crippen molar-refractivity contribution >= 4 is 16.8 Å². The average Bonchev–Trinajstić information content (AvgIpc) is 3.57. The second-order valence-corrected chi connectivity index (χ2v) is 10.2. The van der Waals surface area contributed by atoms with E-state index in [1.54, 1.807) is 10.6 Å². The van der Waals surface area contributed by atoms with Gasteiger partial charge in [0.05, 0.1) is 11.7 Å². The standard InChI is InChI=1S/C25H31N3O3/c1-2-21(27-17-10-14-9-15(12-17)13-18(27)11-14)26-24(30)22-23(29)19-5-3-4-6-20(19)28(25(22)31)16-7-8-16/h3-6,14-18,21,29H,2,7-13H2,1H3,(H,26,30). The summed E-state index contributed by atoms with van der Waals surface area (Å²) in [6, 6.07) is 8.54. The number of piperidine rings is 2. The number of hydrogen-bond acceptors (Lipinski definition) is 4. The minimum Gasteiger partial charge on any atom is -0.506 e. The Morgan fingerprint density at radius 1 is 1.06 bits per heavy atom. The summed E-state index contributed by atoms with van der Waals surface area (Å²) in [5.74, 6) is 1.07. The monoisotopic (exact) mass is 421 g/mol. The Morgan fingerprint density at radius 3 is 2.32 bits per heavy atom. The first-order chi connectivity index (χ1) is 15.0. The Balaban J connectivity index is 1.35. The van der Waals surface area contributed by atoms with Gasteiger partial charge in [-0.05, 0) is 75.3 Å².